The number of carbonyl (C=O) groups excluding carboxylic acids is 3. The van der Waals surface area contributed by atoms with E-state index in [4.69, 9.17) is 0 Å². The molecule has 6 nitrogen and oxygen atoms in total. The molecule has 0 aliphatic heterocycles. The molecule has 0 radical (unpaired) electrons. The monoisotopic (exact) mass is 381 g/mol. The number of para-hydroxylation sites is 1. The van der Waals surface area contributed by atoms with Crippen molar-refractivity contribution in [1.82, 2.24) is 0 Å². The number of hydrogen-bond acceptors (Lipinski definition) is 6. The fraction of sp³-hybridized carbons (Fsp3) is 0.0870. The second-order valence-electron chi connectivity index (χ2n) is 6.22. The number of rotatable bonds is 6. The van der Waals surface area contributed by atoms with E-state index in [1.807, 2.05) is 43.3 Å². The van der Waals surface area contributed by atoms with Crippen LogP contribution < -0.4 is 0 Å². The van der Waals surface area contributed by atoms with Gasteiger partial charge in [-0.3, -0.25) is 0 Å². The van der Waals surface area contributed by atoms with Crippen molar-refractivity contribution in [2.45, 2.75) is 13.3 Å². The first-order valence-electron chi connectivity index (χ1n) is 8.72. The molecule has 0 aliphatic rings. The maximum absolute atomic E-state index is 11.1. The zero-order valence-electron chi connectivity index (χ0n) is 15.5. The van der Waals surface area contributed by atoms with Crippen LogP contribution in [-0.2, 0) is 20.8 Å². The fourth-order valence-corrected chi connectivity index (χ4v) is 3.20. The average molecular weight is 381 g/mol. The van der Waals surface area contributed by atoms with Crippen LogP contribution in [0.1, 0.15) is 16.7 Å². The number of isocyanates is 3. The molecular formula is C23H15N3O3. The highest BCUT2D eigenvalue weighted by molar-refractivity contribution is 5.83. The third-order valence-electron chi connectivity index (χ3n) is 4.54. The lowest BCUT2D eigenvalue weighted by Crippen LogP contribution is -1.93. The molecule has 140 valence electrons. The highest BCUT2D eigenvalue weighted by Crippen LogP contribution is 2.38. The molecule has 3 aromatic carbocycles. The fourth-order valence-electron chi connectivity index (χ4n) is 3.20. The summed E-state index contributed by atoms with van der Waals surface area (Å²) >= 11 is 0. The largest absolute Gasteiger partial charge is 0.240 e. The Balaban J connectivity index is 2.07. The molecule has 0 fully saturated rings. The SMILES string of the molecule is Cc1c(-c2ccccc2N=C=O)ccc(Cc2ccc(N=C=O)cc2)c1N=C=O. The van der Waals surface area contributed by atoms with Gasteiger partial charge in [0.2, 0.25) is 18.2 Å². The van der Waals surface area contributed by atoms with Crippen molar-refractivity contribution in [3.8, 4) is 11.1 Å². The van der Waals surface area contributed by atoms with Gasteiger partial charge in [-0.2, -0.15) is 15.0 Å². The van der Waals surface area contributed by atoms with Gasteiger partial charge >= 0.3 is 0 Å². The summed E-state index contributed by atoms with van der Waals surface area (Å²) in [7, 11) is 0. The first-order valence-corrected chi connectivity index (χ1v) is 8.72. The van der Waals surface area contributed by atoms with Gasteiger partial charge in [-0.15, -0.1) is 0 Å². The molecular weight excluding hydrogens is 366 g/mol. The summed E-state index contributed by atoms with van der Waals surface area (Å²) in [5, 5.41) is 0. The summed E-state index contributed by atoms with van der Waals surface area (Å²) in [5.41, 5.74) is 5.69. The average Bonchev–Trinajstić information content (AvgIpc) is 2.73. The van der Waals surface area contributed by atoms with Gasteiger partial charge in [0.05, 0.1) is 17.1 Å². The van der Waals surface area contributed by atoms with Gasteiger partial charge in [-0.05, 0) is 53.8 Å². The molecule has 3 aromatic rings. The lowest BCUT2D eigenvalue weighted by molar-refractivity contribution is 0.564. The van der Waals surface area contributed by atoms with Gasteiger partial charge in [0, 0.05) is 5.56 Å². The quantitative estimate of drug-likeness (QED) is 0.437. The lowest BCUT2D eigenvalue weighted by atomic mass is 9.93. The first kappa shape index (κ1) is 19.6. The molecule has 0 atom stereocenters. The summed E-state index contributed by atoms with van der Waals surface area (Å²) in [6.45, 7) is 1.86. The van der Waals surface area contributed by atoms with E-state index in [9.17, 15) is 14.4 Å². The molecule has 0 N–H and O–H groups in total. The molecule has 0 aromatic heterocycles. The highest BCUT2D eigenvalue weighted by atomic mass is 16.1. The van der Waals surface area contributed by atoms with Crippen LogP contribution in [0.3, 0.4) is 0 Å². The molecule has 0 aliphatic carbocycles. The van der Waals surface area contributed by atoms with Crippen LogP contribution >= 0.6 is 0 Å². The minimum atomic E-state index is 0.491. The third-order valence-corrected chi connectivity index (χ3v) is 4.54. The Hall–Kier alpha value is -4.20. The van der Waals surface area contributed by atoms with Crippen molar-refractivity contribution in [3.05, 3.63) is 77.4 Å². The second kappa shape index (κ2) is 9.14. The topological polar surface area (TPSA) is 88.3 Å². The van der Waals surface area contributed by atoms with Crippen LogP contribution in [-0.4, -0.2) is 18.2 Å². The van der Waals surface area contributed by atoms with E-state index in [1.54, 1.807) is 36.4 Å². The van der Waals surface area contributed by atoms with Crippen molar-refractivity contribution in [3.63, 3.8) is 0 Å². The van der Waals surface area contributed by atoms with Crippen LogP contribution in [0.2, 0.25) is 0 Å². The van der Waals surface area contributed by atoms with Gasteiger partial charge in [0.15, 0.2) is 0 Å². The zero-order chi connectivity index (χ0) is 20.6. The smallest absolute Gasteiger partial charge is 0.211 e. The van der Waals surface area contributed by atoms with Gasteiger partial charge in [-0.25, -0.2) is 14.4 Å². The predicted octanol–water partition coefficient (Wildman–Crippen LogP) is 5.15. The molecule has 3 rings (SSSR count). The number of benzene rings is 3. The molecule has 0 heterocycles. The van der Waals surface area contributed by atoms with Crippen LogP contribution in [0.4, 0.5) is 17.1 Å². The normalized spacial score (nSPS) is 9.69. The molecule has 29 heavy (non-hydrogen) atoms. The van der Waals surface area contributed by atoms with Crippen molar-refractivity contribution in [1.29, 1.82) is 0 Å². The summed E-state index contributed by atoms with van der Waals surface area (Å²) in [6.07, 6.45) is 5.23. The highest BCUT2D eigenvalue weighted by Gasteiger charge is 2.14. The Morgan fingerprint density at radius 1 is 0.724 bits per heavy atom. The van der Waals surface area contributed by atoms with E-state index < -0.39 is 0 Å². The maximum atomic E-state index is 11.1. The van der Waals surface area contributed by atoms with E-state index in [0.717, 1.165) is 27.8 Å². The lowest BCUT2D eigenvalue weighted by Gasteiger charge is -2.14. The zero-order valence-corrected chi connectivity index (χ0v) is 15.5. The molecule has 0 saturated heterocycles. The summed E-state index contributed by atoms with van der Waals surface area (Å²) in [5.74, 6) is 0. The molecule has 0 saturated carbocycles. The Labute approximate surface area is 167 Å². The van der Waals surface area contributed by atoms with E-state index in [1.165, 1.54) is 6.08 Å². The summed E-state index contributed by atoms with van der Waals surface area (Å²) in [6, 6.07) is 18.1. The first-order chi connectivity index (χ1) is 14.2. The third kappa shape index (κ3) is 4.38. The molecule has 0 unspecified atom stereocenters. The van der Waals surface area contributed by atoms with E-state index in [2.05, 4.69) is 15.0 Å². The number of hydrogen-bond donors (Lipinski definition) is 0. The summed E-state index contributed by atoms with van der Waals surface area (Å²) in [4.78, 5) is 43.4. The van der Waals surface area contributed by atoms with Crippen LogP contribution in [0.15, 0.2) is 75.6 Å². The second-order valence-corrected chi connectivity index (χ2v) is 6.22. The standard InChI is InChI=1S/C23H15N3O3/c1-16-20(21-4-2-3-5-22(21)25-14-28)11-8-18(23(16)26-15-29)12-17-6-9-19(10-7-17)24-13-27/h2-11H,12H2,1H3. The Kier molecular flexibility index (Phi) is 6.16. The minimum Gasteiger partial charge on any atom is -0.211 e. The molecule has 0 bridgehead atoms. The molecule has 6 heteroatoms. The van der Waals surface area contributed by atoms with Crippen LogP contribution in [0, 0.1) is 6.92 Å². The minimum absolute atomic E-state index is 0.491. The van der Waals surface area contributed by atoms with Crippen molar-refractivity contribution >= 4 is 35.3 Å². The van der Waals surface area contributed by atoms with E-state index in [0.29, 0.717) is 23.5 Å². The van der Waals surface area contributed by atoms with Crippen molar-refractivity contribution < 1.29 is 14.4 Å². The van der Waals surface area contributed by atoms with Gasteiger partial charge in [0.25, 0.3) is 0 Å². The predicted molar refractivity (Wildman–Crippen MR) is 109 cm³/mol. The van der Waals surface area contributed by atoms with Crippen molar-refractivity contribution in [2.75, 3.05) is 0 Å². The number of nitrogens with zero attached hydrogens (tertiary/aromatic N) is 3. The van der Waals surface area contributed by atoms with Crippen LogP contribution in [0.5, 0.6) is 0 Å². The van der Waals surface area contributed by atoms with Gasteiger partial charge < -0.3 is 0 Å². The van der Waals surface area contributed by atoms with Gasteiger partial charge in [0.1, 0.15) is 0 Å². The van der Waals surface area contributed by atoms with Gasteiger partial charge in [-0.1, -0.05) is 42.5 Å². The maximum Gasteiger partial charge on any atom is 0.240 e. The Bertz CT molecular complexity index is 1200. The Morgan fingerprint density at radius 2 is 1.41 bits per heavy atom. The van der Waals surface area contributed by atoms with Crippen molar-refractivity contribution in [2.24, 2.45) is 15.0 Å². The summed E-state index contributed by atoms with van der Waals surface area (Å²) < 4.78 is 0. The molecule has 0 amide bonds. The number of aliphatic imine (C=N–C) groups is 3. The van der Waals surface area contributed by atoms with Crippen LogP contribution in [0.25, 0.3) is 11.1 Å². The van der Waals surface area contributed by atoms with E-state index >= 15 is 0 Å². The molecule has 0 spiro atoms. The Morgan fingerprint density at radius 3 is 2.10 bits per heavy atom. The van der Waals surface area contributed by atoms with E-state index in [-0.39, 0.29) is 0 Å².